The van der Waals surface area contributed by atoms with E-state index in [1.807, 2.05) is 0 Å². The lowest BCUT2D eigenvalue weighted by molar-refractivity contribution is -0.131. The molecule has 0 aliphatic carbocycles. The second-order valence-corrected chi connectivity index (χ2v) is 7.19. The van der Waals surface area contributed by atoms with Gasteiger partial charge in [0.05, 0.1) is 12.2 Å². The third kappa shape index (κ3) is 3.59. The van der Waals surface area contributed by atoms with Gasteiger partial charge in [0.2, 0.25) is 5.91 Å². The van der Waals surface area contributed by atoms with Gasteiger partial charge in [-0.1, -0.05) is 27.2 Å². The average Bonchev–Trinajstić information content (AvgIpc) is 3.05. The molecule has 2 heterocycles. The van der Waals surface area contributed by atoms with Crippen LogP contribution >= 0.6 is 0 Å². The molecule has 2 saturated heterocycles. The number of hydrogen-bond donors (Lipinski definition) is 1. The van der Waals surface area contributed by atoms with Crippen LogP contribution in [0.5, 0.6) is 0 Å². The Morgan fingerprint density at radius 1 is 1.29 bits per heavy atom. The van der Waals surface area contributed by atoms with Crippen LogP contribution in [0.15, 0.2) is 0 Å². The second kappa shape index (κ2) is 7.10. The van der Waals surface area contributed by atoms with Gasteiger partial charge in [0.15, 0.2) is 0 Å². The minimum Gasteiger partial charge on any atom is -0.325 e. The molecule has 0 bridgehead atoms. The molecular weight excluding hydrogens is 262 g/mol. The van der Waals surface area contributed by atoms with Gasteiger partial charge in [-0.2, -0.15) is 0 Å². The van der Waals surface area contributed by atoms with Crippen molar-refractivity contribution in [1.82, 2.24) is 15.1 Å². The van der Waals surface area contributed by atoms with E-state index < -0.39 is 0 Å². The van der Waals surface area contributed by atoms with Gasteiger partial charge in [-0.05, 0) is 45.1 Å². The molecule has 2 rings (SSSR count). The molecule has 0 radical (unpaired) electrons. The smallest absolute Gasteiger partial charge is 0.241 e. The van der Waals surface area contributed by atoms with Gasteiger partial charge in [0, 0.05) is 19.1 Å². The summed E-state index contributed by atoms with van der Waals surface area (Å²) in [4.78, 5) is 17.4. The van der Waals surface area contributed by atoms with E-state index in [2.05, 4.69) is 49.7 Å². The van der Waals surface area contributed by atoms with Crippen LogP contribution in [-0.4, -0.2) is 53.6 Å². The molecule has 0 aromatic rings. The van der Waals surface area contributed by atoms with Crippen LogP contribution in [0.1, 0.15) is 53.9 Å². The quantitative estimate of drug-likeness (QED) is 0.817. The monoisotopic (exact) mass is 295 g/mol. The summed E-state index contributed by atoms with van der Waals surface area (Å²) in [5, 5.41) is 3.56. The number of carbonyl (C=O) groups is 1. The first-order chi connectivity index (χ1) is 9.97. The van der Waals surface area contributed by atoms with Crippen molar-refractivity contribution in [2.24, 2.45) is 11.8 Å². The second-order valence-electron chi connectivity index (χ2n) is 7.19. The van der Waals surface area contributed by atoms with Crippen LogP contribution in [0, 0.1) is 11.8 Å². The Morgan fingerprint density at radius 2 is 2.00 bits per heavy atom. The molecule has 4 unspecified atom stereocenters. The van der Waals surface area contributed by atoms with Gasteiger partial charge >= 0.3 is 0 Å². The third-order valence-corrected chi connectivity index (χ3v) is 5.40. The maximum absolute atomic E-state index is 12.7. The van der Waals surface area contributed by atoms with Crippen LogP contribution in [0.25, 0.3) is 0 Å². The largest absolute Gasteiger partial charge is 0.325 e. The molecule has 4 nitrogen and oxygen atoms in total. The first-order valence-corrected chi connectivity index (χ1v) is 8.78. The molecule has 0 spiro atoms. The molecule has 2 aliphatic heterocycles. The van der Waals surface area contributed by atoms with Crippen molar-refractivity contribution in [3.63, 3.8) is 0 Å². The number of rotatable bonds is 6. The summed E-state index contributed by atoms with van der Waals surface area (Å²) in [6.07, 6.45) is 3.52. The molecule has 122 valence electrons. The Hall–Kier alpha value is -0.610. The summed E-state index contributed by atoms with van der Waals surface area (Å²) in [7, 11) is 0. The van der Waals surface area contributed by atoms with Gasteiger partial charge in [-0.15, -0.1) is 0 Å². The molecule has 0 saturated carbocycles. The number of likely N-dealkylation sites (tertiary alicyclic amines) is 1. The van der Waals surface area contributed by atoms with Crippen molar-refractivity contribution in [2.45, 2.75) is 72.1 Å². The molecule has 0 aromatic carbocycles. The Kier molecular flexibility index (Phi) is 5.67. The van der Waals surface area contributed by atoms with Crippen molar-refractivity contribution in [3.05, 3.63) is 0 Å². The van der Waals surface area contributed by atoms with Crippen molar-refractivity contribution < 1.29 is 4.79 Å². The minimum absolute atomic E-state index is 0.0301. The number of hydrogen-bond acceptors (Lipinski definition) is 3. The van der Waals surface area contributed by atoms with E-state index in [4.69, 9.17) is 0 Å². The van der Waals surface area contributed by atoms with Crippen molar-refractivity contribution in [1.29, 1.82) is 0 Å². The predicted octanol–water partition coefficient (Wildman–Crippen LogP) is 2.30. The molecule has 4 heteroatoms. The number of carbonyl (C=O) groups excluding carboxylic acids is 1. The fraction of sp³-hybridized carbons (Fsp3) is 0.941. The normalized spacial score (nSPS) is 32.4. The lowest BCUT2D eigenvalue weighted by atomic mass is 9.99. The summed E-state index contributed by atoms with van der Waals surface area (Å²) < 4.78 is 0. The van der Waals surface area contributed by atoms with E-state index in [-0.39, 0.29) is 12.2 Å². The minimum atomic E-state index is 0.0301. The third-order valence-electron chi connectivity index (χ3n) is 5.40. The number of amides is 1. The van der Waals surface area contributed by atoms with E-state index in [1.165, 1.54) is 13.0 Å². The van der Waals surface area contributed by atoms with Crippen molar-refractivity contribution >= 4 is 5.91 Å². The molecule has 0 aromatic heterocycles. The van der Waals surface area contributed by atoms with Crippen LogP contribution in [0.3, 0.4) is 0 Å². The zero-order valence-electron chi connectivity index (χ0n) is 14.4. The molecule has 2 fully saturated rings. The fourth-order valence-electron chi connectivity index (χ4n) is 3.66. The summed E-state index contributed by atoms with van der Waals surface area (Å²) >= 11 is 0. The first-order valence-electron chi connectivity index (χ1n) is 8.78. The maximum Gasteiger partial charge on any atom is 0.241 e. The molecule has 4 atom stereocenters. The van der Waals surface area contributed by atoms with E-state index in [1.54, 1.807) is 0 Å². The number of nitrogens with zero attached hydrogens (tertiary/aromatic N) is 2. The van der Waals surface area contributed by atoms with Crippen LogP contribution in [0.2, 0.25) is 0 Å². The molecule has 21 heavy (non-hydrogen) atoms. The Balaban J connectivity index is 1.97. The average molecular weight is 295 g/mol. The van der Waals surface area contributed by atoms with Crippen LogP contribution in [0.4, 0.5) is 0 Å². The van der Waals surface area contributed by atoms with Gasteiger partial charge in [0.1, 0.15) is 0 Å². The van der Waals surface area contributed by atoms with E-state index >= 15 is 0 Å². The highest BCUT2D eigenvalue weighted by Gasteiger charge is 2.41. The lowest BCUT2D eigenvalue weighted by Gasteiger charge is -2.27. The highest BCUT2D eigenvalue weighted by Crippen LogP contribution is 2.25. The molecule has 1 amide bonds. The summed E-state index contributed by atoms with van der Waals surface area (Å²) in [6, 6.07) is 0.653. The molecule has 2 aliphatic rings. The molecular formula is C17H33N3O. The van der Waals surface area contributed by atoms with Crippen LogP contribution < -0.4 is 5.32 Å². The van der Waals surface area contributed by atoms with Gasteiger partial charge in [0.25, 0.3) is 0 Å². The van der Waals surface area contributed by atoms with Crippen molar-refractivity contribution in [3.8, 4) is 0 Å². The first kappa shape index (κ1) is 16.8. The topological polar surface area (TPSA) is 35.6 Å². The van der Waals surface area contributed by atoms with E-state index in [0.29, 0.717) is 23.8 Å². The van der Waals surface area contributed by atoms with Gasteiger partial charge in [-0.25, -0.2) is 0 Å². The maximum atomic E-state index is 12.7. The Morgan fingerprint density at radius 3 is 2.52 bits per heavy atom. The standard InChI is InChI=1S/C17H33N3O/c1-6-13(5)16-17(21)20(15(7-2)18-16)11-14-8-9-19(10-14)12(3)4/h12-16,18H,6-11H2,1-5H3. The van der Waals surface area contributed by atoms with E-state index in [0.717, 1.165) is 25.9 Å². The van der Waals surface area contributed by atoms with Gasteiger partial charge in [-0.3, -0.25) is 10.1 Å². The van der Waals surface area contributed by atoms with E-state index in [9.17, 15) is 4.79 Å². The predicted molar refractivity (Wildman–Crippen MR) is 87.0 cm³/mol. The summed E-state index contributed by atoms with van der Waals surface area (Å²) in [5.74, 6) is 1.40. The molecule has 1 N–H and O–H groups in total. The van der Waals surface area contributed by atoms with Crippen molar-refractivity contribution in [2.75, 3.05) is 19.6 Å². The fourth-order valence-corrected chi connectivity index (χ4v) is 3.66. The highest BCUT2D eigenvalue weighted by atomic mass is 16.2. The summed E-state index contributed by atoms with van der Waals surface area (Å²) in [5.41, 5.74) is 0. The SMILES string of the molecule is CCC(C)C1NC(CC)N(CC2CCN(C(C)C)C2)C1=O. The van der Waals surface area contributed by atoms with Crippen LogP contribution in [-0.2, 0) is 4.79 Å². The lowest BCUT2D eigenvalue weighted by Crippen LogP contribution is -2.40. The zero-order valence-corrected chi connectivity index (χ0v) is 14.4. The zero-order chi connectivity index (χ0) is 15.6. The highest BCUT2D eigenvalue weighted by molar-refractivity contribution is 5.84. The van der Waals surface area contributed by atoms with Gasteiger partial charge < -0.3 is 9.80 Å². The Labute approximate surface area is 130 Å². The summed E-state index contributed by atoms with van der Waals surface area (Å²) in [6.45, 7) is 14.3. The number of nitrogens with one attached hydrogen (secondary N) is 1. The Bertz CT molecular complexity index is 358.